The first-order valence-corrected chi connectivity index (χ1v) is 8.49. The van der Waals surface area contributed by atoms with Crippen LogP contribution in [0.1, 0.15) is 34.9 Å². The van der Waals surface area contributed by atoms with Gasteiger partial charge >= 0.3 is 0 Å². The molecular formula is C18H20N6O. The van der Waals surface area contributed by atoms with Gasteiger partial charge in [0.05, 0.1) is 5.56 Å². The van der Waals surface area contributed by atoms with E-state index in [1.54, 1.807) is 19.3 Å². The lowest BCUT2D eigenvalue weighted by molar-refractivity contribution is 0.0963. The highest BCUT2D eigenvalue weighted by Gasteiger charge is 2.27. The highest BCUT2D eigenvalue weighted by atomic mass is 16.1. The van der Waals surface area contributed by atoms with Crippen molar-refractivity contribution in [2.75, 3.05) is 25.0 Å². The molecule has 1 fully saturated rings. The van der Waals surface area contributed by atoms with Crippen LogP contribution in [-0.2, 0) is 0 Å². The summed E-state index contributed by atoms with van der Waals surface area (Å²) in [5, 5.41) is 11.3. The predicted octanol–water partition coefficient (Wildman–Crippen LogP) is 1.87. The van der Waals surface area contributed by atoms with Gasteiger partial charge in [-0.05, 0) is 37.1 Å². The lowest BCUT2D eigenvalue weighted by Crippen LogP contribution is -2.35. The number of amides is 1. The van der Waals surface area contributed by atoms with Crippen LogP contribution < -0.4 is 10.2 Å². The molecule has 3 aromatic rings. The van der Waals surface area contributed by atoms with Gasteiger partial charge < -0.3 is 10.2 Å². The average Bonchev–Trinajstić information content (AvgIpc) is 3.12. The average molecular weight is 336 g/mol. The minimum atomic E-state index is -0.103. The summed E-state index contributed by atoms with van der Waals surface area (Å²) < 4.78 is 2.07. The van der Waals surface area contributed by atoms with Crippen LogP contribution in [0.15, 0.2) is 42.7 Å². The van der Waals surface area contributed by atoms with Crippen LogP contribution in [-0.4, -0.2) is 45.6 Å². The Hall–Kier alpha value is -2.96. The van der Waals surface area contributed by atoms with Crippen LogP contribution in [0, 0.1) is 0 Å². The second-order valence-corrected chi connectivity index (χ2v) is 6.20. The van der Waals surface area contributed by atoms with Crippen LogP contribution in [0.5, 0.6) is 0 Å². The monoisotopic (exact) mass is 336 g/mol. The number of carbonyl (C=O) groups excluding carboxylic acids is 1. The molecule has 1 N–H and O–H groups in total. The highest BCUT2D eigenvalue weighted by Crippen LogP contribution is 2.30. The SMILES string of the molecule is CNC(=O)c1cccnc1N1CCC(c2nnc3ccccn23)CC1. The van der Waals surface area contributed by atoms with Gasteiger partial charge in [-0.2, -0.15) is 0 Å². The van der Waals surface area contributed by atoms with E-state index in [1.165, 1.54) is 0 Å². The van der Waals surface area contributed by atoms with E-state index in [4.69, 9.17) is 0 Å². The van der Waals surface area contributed by atoms with E-state index in [2.05, 4.69) is 29.8 Å². The van der Waals surface area contributed by atoms with Crippen molar-refractivity contribution in [3.8, 4) is 0 Å². The van der Waals surface area contributed by atoms with Crippen LogP contribution in [0.4, 0.5) is 5.82 Å². The summed E-state index contributed by atoms with van der Waals surface area (Å²) in [6.45, 7) is 1.68. The Morgan fingerprint density at radius 3 is 2.80 bits per heavy atom. The van der Waals surface area contributed by atoms with E-state index in [-0.39, 0.29) is 5.91 Å². The molecule has 1 aliphatic rings. The lowest BCUT2D eigenvalue weighted by atomic mass is 9.95. The van der Waals surface area contributed by atoms with Crippen molar-refractivity contribution in [2.24, 2.45) is 0 Å². The molecule has 0 aliphatic carbocycles. The van der Waals surface area contributed by atoms with Gasteiger partial charge in [-0.1, -0.05) is 6.07 Å². The molecule has 0 spiro atoms. The first-order valence-electron chi connectivity index (χ1n) is 8.49. The molecule has 128 valence electrons. The Bertz CT molecular complexity index is 897. The minimum Gasteiger partial charge on any atom is -0.356 e. The van der Waals surface area contributed by atoms with Crippen molar-refractivity contribution >= 4 is 17.4 Å². The van der Waals surface area contributed by atoms with Crippen molar-refractivity contribution in [3.05, 3.63) is 54.1 Å². The summed E-state index contributed by atoms with van der Waals surface area (Å²) >= 11 is 0. The van der Waals surface area contributed by atoms with Crippen LogP contribution in [0.3, 0.4) is 0 Å². The van der Waals surface area contributed by atoms with Gasteiger partial charge in [-0.25, -0.2) is 4.98 Å². The molecule has 4 rings (SSSR count). The fourth-order valence-corrected chi connectivity index (χ4v) is 3.45. The molecule has 0 atom stereocenters. The smallest absolute Gasteiger partial charge is 0.254 e. The molecule has 4 heterocycles. The number of piperidine rings is 1. The third-order valence-corrected chi connectivity index (χ3v) is 4.76. The van der Waals surface area contributed by atoms with E-state index in [9.17, 15) is 4.79 Å². The molecule has 0 saturated carbocycles. The number of pyridine rings is 2. The zero-order chi connectivity index (χ0) is 17.2. The third-order valence-electron chi connectivity index (χ3n) is 4.76. The number of nitrogens with one attached hydrogen (secondary N) is 1. The maximum Gasteiger partial charge on any atom is 0.254 e. The zero-order valence-corrected chi connectivity index (χ0v) is 14.1. The van der Waals surface area contributed by atoms with Gasteiger partial charge in [0.15, 0.2) is 5.65 Å². The quantitative estimate of drug-likeness (QED) is 0.790. The Morgan fingerprint density at radius 2 is 2.00 bits per heavy atom. The van der Waals surface area contributed by atoms with E-state index < -0.39 is 0 Å². The summed E-state index contributed by atoms with van der Waals surface area (Å²) in [4.78, 5) is 18.7. The Labute approximate surface area is 145 Å². The molecule has 0 aromatic carbocycles. The molecule has 1 amide bonds. The van der Waals surface area contributed by atoms with Gasteiger partial charge in [0, 0.05) is 38.4 Å². The molecule has 0 unspecified atom stereocenters. The highest BCUT2D eigenvalue weighted by molar-refractivity contribution is 5.98. The van der Waals surface area contributed by atoms with Gasteiger partial charge in [0.2, 0.25) is 0 Å². The number of nitrogens with zero attached hydrogens (tertiary/aromatic N) is 5. The van der Waals surface area contributed by atoms with E-state index in [0.717, 1.165) is 43.2 Å². The van der Waals surface area contributed by atoms with Crippen LogP contribution in [0.2, 0.25) is 0 Å². The van der Waals surface area contributed by atoms with Crippen molar-refractivity contribution in [2.45, 2.75) is 18.8 Å². The fraction of sp³-hybridized carbons (Fsp3) is 0.333. The summed E-state index contributed by atoms with van der Waals surface area (Å²) in [6.07, 6.45) is 5.66. The zero-order valence-electron chi connectivity index (χ0n) is 14.1. The number of fused-ring (bicyclic) bond motifs is 1. The topological polar surface area (TPSA) is 75.4 Å². The number of aromatic nitrogens is 4. The summed E-state index contributed by atoms with van der Waals surface area (Å²) in [7, 11) is 1.64. The number of rotatable bonds is 3. The molecule has 7 nitrogen and oxygen atoms in total. The maximum atomic E-state index is 12.1. The van der Waals surface area contributed by atoms with E-state index in [1.807, 2.05) is 30.5 Å². The first kappa shape index (κ1) is 15.6. The standard InChI is InChI=1S/C18H20N6O/c1-19-18(25)14-5-4-9-20-17(14)23-11-7-13(8-12-23)16-22-21-15-6-2-3-10-24(15)16/h2-6,9-10,13H,7-8,11-12H2,1H3,(H,19,25). The molecule has 25 heavy (non-hydrogen) atoms. The first-order chi connectivity index (χ1) is 12.3. The number of hydrogen-bond donors (Lipinski definition) is 1. The van der Waals surface area contributed by atoms with Crippen molar-refractivity contribution < 1.29 is 4.79 Å². The molecule has 1 saturated heterocycles. The molecule has 7 heteroatoms. The lowest BCUT2D eigenvalue weighted by Gasteiger charge is -2.32. The van der Waals surface area contributed by atoms with Crippen molar-refractivity contribution in [1.29, 1.82) is 0 Å². The van der Waals surface area contributed by atoms with Crippen LogP contribution in [0.25, 0.3) is 5.65 Å². The van der Waals surface area contributed by atoms with Gasteiger partial charge in [0.1, 0.15) is 11.6 Å². The second-order valence-electron chi connectivity index (χ2n) is 6.20. The molecule has 1 aliphatic heterocycles. The van der Waals surface area contributed by atoms with E-state index >= 15 is 0 Å². The Balaban J connectivity index is 1.53. The number of hydrogen-bond acceptors (Lipinski definition) is 5. The van der Waals surface area contributed by atoms with Gasteiger partial charge in [-0.3, -0.25) is 9.20 Å². The van der Waals surface area contributed by atoms with Gasteiger partial charge in [-0.15, -0.1) is 10.2 Å². The summed E-state index contributed by atoms with van der Waals surface area (Å²) in [6, 6.07) is 9.55. The Kier molecular flexibility index (Phi) is 4.05. The summed E-state index contributed by atoms with van der Waals surface area (Å²) in [5.74, 6) is 2.03. The predicted molar refractivity (Wildman–Crippen MR) is 94.8 cm³/mol. The third kappa shape index (κ3) is 2.82. The molecule has 0 bridgehead atoms. The summed E-state index contributed by atoms with van der Waals surface area (Å²) in [5.41, 5.74) is 1.50. The van der Waals surface area contributed by atoms with Crippen LogP contribution >= 0.6 is 0 Å². The molecular weight excluding hydrogens is 316 g/mol. The molecule has 0 radical (unpaired) electrons. The van der Waals surface area contributed by atoms with Crippen molar-refractivity contribution in [1.82, 2.24) is 24.9 Å². The maximum absolute atomic E-state index is 12.1. The van der Waals surface area contributed by atoms with E-state index in [0.29, 0.717) is 11.5 Å². The number of anilines is 1. The number of carbonyl (C=O) groups is 1. The second kappa shape index (κ2) is 6.51. The van der Waals surface area contributed by atoms with Crippen molar-refractivity contribution in [3.63, 3.8) is 0 Å². The van der Waals surface area contributed by atoms with Gasteiger partial charge in [0.25, 0.3) is 5.91 Å². The fourth-order valence-electron chi connectivity index (χ4n) is 3.45. The normalized spacial score (nSPS) is 15.5. The molecule has 3 aromatic heterocycles. The largest absolute Gasteiger partial charge is 0.356 e. The minimum absolute atomic E-state index is 0.103. The Morgan fingerprint density at radius 1 is 1.16 bits per heavy atom.